The zero-order valence-corrected chi connectivity index (χ0v) is 14.4. The van der Waals surface area contributed by atoms with Crippen LogP contribution in [0.15, 0.2) is 53.0 Å². The highest BCUT2D eigenvalue weighted by atomic mass is 79.9. The highest BCUT2D eigenvalue weighted by Crippen LogP contribution is 2.25. The number of benzene rings is 2. The SMILES string of the molecule is CC(C)Oc1ccc(Br)cc1CN[C@H](C)c1ccccc1. The second-order valence-electron chi connectivity index (χ2n) is 5.43. The maximum atomic E-state index is 5.88. The van der Waals surface area contributed by atoms with E-state index in [2.05, 4.69) is 58.5 Å². The Balaban J connectivity index is 2.07. The third kappa shape index (κ3) is 4.87. The number of hydrogen-bond acceptors (Lipinski definition) is 2. The Labute approximate surface area is 135 Å². The Morgan fingerprint density at radius 3 is 2.43 bits per heavy atom. The van der Waals surface area contributed by atoms with Crippen LogP contribution >= 0.6 is 15.9 Å². The van der Waals surface area contributed by atoms with Crippen LogP contribution in [0.25, 0.3) is 0 Å². The van der Waals surface area contributed by atoms with Gasteiger partial charge in [0.2, 0.25) is 0 Å². The molecule has 0 heterocycles. The van der Waals surface area contributed by atoms with Gasteiger partial charge in [-0.2, -0.15) is 0 Å². The highest BCUT2D eigenvalue weighted by molar-refractivity contribution is 9.10. The fraction of sp³-hybridized carbons (Fsp3) is 0.333. The van der Waals surface area contributed by atoms with Crippen molar-refractivity contribution >= 4 is 15.9 Å². The van der Waals surface area contributed by atoms with E-state index in [0.717, 1.165) is 16.8 Å². The molecule has 0 bridgehead atoms. The van der Waals surface area contributed by atoms with Gasteiger partial charge in [0.25, 0.3) is 0 Å². The van der Waals surface area contributed by atoms with E-state index < -0.39 is 0 Å². The fourth-order valence-electron chi connectivity index (χ4n) is 2.18. The molecule has 112 valence electrons. The maximum Gasteiger partial charge on any atom is 0.124 e. The largest absolute Gasteiger partial charge is 0.491 e. The molecule has 1 N–H and O–H groups in total. The molecule has 0 aliphatic heterocycles. The molecule has 2 aromatic carbocycles. The summed E-state index contributed by atoms with van der Waals surface area (Å²) in [5, 5.41) is 3.56. The first-order valence-electron chi connectivity index (χ1n) is 7.29. The van der Waals surface area contributed by atoms with Gasteiger partial charge < -0.3 is 10.1 Å². The summed E-state index contributed by atoms with van der Waals surface area (Å²) in [6, 6.07) is 16.9. The molecule has 0 fully saturated rings. The van der Waals surface area contributed by atoms with Crippen molar-refractivity contribution in [2.24, 2.45) is 0 Å². The zero-order chi connectivity index (χ0) is 15.2. The highest BCUT2D eigenvalue weighted by Gasteiger charge is 2.09. The van der Waals surface area contributed by atoms with E-state index in [-0.39, 0.29) is 6.10 Å². The third-order valence-electron chi connectivity index (χ3n) is 3.28. The molecule has 2 aromatic rings. The maximum absolute atomic E-state index is 5.88. The number of ether oxygens (including phenoxy) is 1. The predicted octanol–water partition coefficient (Wildman–Crippen LogP) is 5.09. The summed E-state index contributed by atoms with van der Waals surface area (Å²) in [7, 11) is 0. The topological polar surface area (TPSA) is 21.3 Å². The van der Waals surface area contributed by atoms with Crippen molar-refractivity contribution in [2.75, 3.05) is 0 Å². The van der Waals surface area contributed by atoms with Crippen LogP contribution in [-0.4, -0.2) is 6.10 Å². The molecule has 0 unspecified atom stereocenters. The van der Waals surface area contributed by atoms with Gasteiger partial charge in [-0.05, 0) is 44.5 Å². The van der Waals surface area contributed by atoms with Gasteiger partial charge in [0.1, 0.15) is 5.75 Å². The summed E-state index contributed by atoms with van der Waals surface area (Å²) >= 11 is 3.53. The van der Waals surface area contributed by atoms with Crippen molar-refractivity contribution in [1.82, 2.24) is 5.32 Å². The van der Waals surface area contributed by atoms with Crippen molar-refractivity contribution in [3.8, 4) is 5.75 Å². The number of hydrogen-bond donors (Lipinski definition) is 1. The summed E-state index contributed by atoms with van der Waals surface area (Å²) in [5.74, 6) is 0.945. The van der Waals surface area contributed by atoms with E-state index in [9.17, 15) is 0 Å². The summed E-state index contributed by atoms with van der Waals surface area (Å²) in [4.78, 5) is 0. The number of rotatable bonds is 6. The molecule has 0 radical (unpaired) electrons. The van der Waals surface area contributed by atoms with Crippen molar-refractivity contribution in [3.63, 3.8) is 0 Å². The Morgan fingerprint density at radius 2 is 1.76 bits per heavy atom. The van der Waals surface area contributed by atoms with E-state index in [1.54, 1.807) is 0 Å². The van der Waals surface area contributed by atoms with E-state index >= 15 is 0 Å². The van der Waals surface area contributed by atoms with Crippen LogP contribution in [0.1, 0.15) is 37.9 Å². The number of halogens is 1. The molecule has 3 heteroatoms. The molecule has 0 aromatic heterocycles. The quantitative estimate of drug-likeness (QED) is 0.785. The molecular weight excluding hydrogens is 326 g/mol. The Bertz CT molecular complexity index is 569. The predicted molar refractivity (Wildman–Crippen MR) is 91.6 cm³/mol. The molecule has 0 aliphatic rings. The van der Waals surface area contributed by atoms with Crippen LogP contribution in [0.4, 0.5) is 0 Å². The monoisotopic (exact) mass is 347 g/mol. The molecular formula is C18H22BrNO. The molecule has 0 aliphatic carbocycles. The van der Waals surface area contributed by atoms with Crippen molar-refractivity contribution in [1.29, 1.82) is 0 Å². The van der Waals surface area contributed by atoms with Crippen molar-refractivity contribution < 1.29 is 4.74 Å². The second-order valence-corrected chi connectivity index (χ2v) is 6.35. The fourth-order valence-corrected chi connectivity index (χ4v) is 2.59. The Kier molecular flexibility index (Phi) is 5.83. The van der Waals surface area contributed by atoms with Gasteiger partial charge >= 0.3 is 0 Å². The molecule has 2 rings (SSSR count). The summed E-state index contributed by atoms with van der Waals surface area (Å²) in [6.45, 7) is 7.05. The summed E-state index contributed by atoms with van der Waals surface area (Å²) < 4.78 is 6.95. The standard InChI is InChI=1S/C18H22BrNO/c1-13(2)21-18-10-9-17(19)11-16(18)12-20-14(3)15-7-5-4-6-8-15/h4-11,13-14,20H,12H2,1-3H3/t14-/m1/s1. The summed E-state index contributed by atoms with van der Waals surface area (Å²) in [6.07, 6.45) is 0.177. The molecule has 0 saturated carbocycles. The molecule has 0 amide bonds. The van der Waals surface area contributed by atoms with Crippen LogP contribution < -0.4 is 10.1 Å². The molecule has 2 nitrogen and oxygen atoms in total. The first-order valence-corrected chi connectivity index (χ1v) is 8.09. The van der Waals surface area contributed by atoms with E-state index in [0.29, 0.717) is 6.04 Å². The van der Waals surface area contributed by atoms with Crippen LogP contribution in [0.5, 0.6) is 5.75 Å². The third-order valence-corrected chi connectivity index (χ3v) is 3.78. The molecule has 1 atom stereocenters. The first kappa shape index (κ1) is 16.1. The van der Waals surface area contributed by atoms with Gasteiger partial charge in [0.05, 0.1) is 6.10 Å². The van der Waals surface area contributed by atoms with Crippen molar-refractivity contribution in [3.05, 3.63) is 64.1 Å². The normalized spacial score (nSPS) is 12.4. The minimum atomic E-state index is 0.177. The van der Waals surface area contributed by atoms with Gasteiger partial charge in [-0.15, -0.1) is 0 Å². The van der Waals surface area contributed by atoms with Gasteiger partial charge in [0.15, 0.2) is 0 Å². The second kappa shape index (κ2) is 7.62. The molecule has 21 heavy (non-hydrogen) atoms. The smallest absolute Gasteiger partial charge is 0.124 e. The average Bonchev–Trinajstić information content (AvgIpc) is 2.47. The lowest BCUT2D eigenvalue weighted by atomic mass is 10.1. The average molecular weight is 348 g/mol. The van der Waals surface area contributed by atoms with E-state index in [4.69, 9.17) is 4.74 Å². The number of nitrogens with one attached hydrogen (secondary N) is 1. The van der Waals surface area contributed by atoms with Crippen molar-refractivity contribution in [2.45, 2.75) is 39.5 Å². The minimum Gasteiger partial charge on any atom is -0.491 e. The van der Waals surface area contributed by atoms with Crippen LogP contribution in [-0.2, 0) is 6.54 Å². The lowest BCUT2D eigenvalue weighted by molar-refractivity contribution is 0.239. The van der Waals surface area contributed by atoms with Crippen LogP contribution in [0.3, 0.4) is 0 Å². The molecule has 0 spiro atoms. The van der Waals surface area contributed by atoms with Gasteiger partial charge in [-0.25, -0.2) is 0 Å². The van der Waals surface area contributed by atoms with Gasteiger partial charge in [-0.1, -0.05) is 46.3 Å². The van der Waals surface area contributed by atoms with Gasteiger partial charge in [0, 0.05) is 22.6 Å². The van der Waals surface area contributed by atoms with Crippen LogP contribution in [0.2, 0.25) is 0 Å². The minimum absolute atomic E-state index is 0.177. The lowest BCUT2D eigenvalue weighted by Gasteiger charge is -2.18. The first-order chi connectivity index (χ1) is 10.1. The van der Waals surface area contributed by atoms with Gasteiger partial charge in [-0.3, -0.25) is 0 Å². The molecule has 0 saturated heterocycles. The zero-order valence-electron chi connectivity index (χ0n) is 12.8. The van der Waals surface area contributed by atoms with E-state index in [1.165, 1.54) is 11.1 Å². The lowest BCUT2D eigenvalue weighted by Crippen LogP contribution is -2.19. The van der Waals surface area contributed by atoms with Crippen LogP contribution in [0, 0.1) is 0 Å². The Morgan fingerprint density at radius 1 is 1.05 bits per heavy atom. The summed E-state index contributed by atoms with van der Waals surface area (Å²) in [5.41, 5.74) is 2.46. The Hall–Kier alpha value is -1.32. The van der Waals surface area contributed by atoms with E-state index in [1.807, 2.05) is 32.0 Å².